The molecule has 3 aliphatic heterocycles. The van der Waals surface area contributed by atoms with Crippen LogP contribution in [0.4, 0.5) is 0 Å². The van der Waals surface area contributed by atoms with Crippen LogP contribution in [0.2, 0.25) is 0 Å². The quantitative estimate of drug-likeness (QED) is 0.143. The van der Waals surface area contributed by atoms with E-state index in [0.717, 1.165) is 0 Å². The Morgan fingerprint density at radius 1 is 0.486 bits per heavy atom. The molecule has 3 fully saturated rings. The molecule has 0 aromatic rings. The molecule has 16 nitrogen and oxygen atoms in total. The van der Waals surface area contributed by atoms with Gasteiger partial charge in [0.2, 0.25) is 0 Å². The van der Waals surface area contributed by atoms with E-state index in [4.69, 9.17) is 28.4 Å². The van der Waals surface area contributed by atoms with Crippen molar-refractivity contribution in [1.82, 2.24) is 0 Å². The zero-order chi connectivity index (χ0) is 26.0. The average Bonchev–Trinajstić information content (AvgIpc) is 2.85. The number of aliphatic hydroxyl groups is 10. The highest BCUT2D eigenvalue weighted by Gasteiger charge is 2.49. The predicted octanol–water partition coefficient (Wildman–Crippen LogP) is -6.92. The molecular weight excluding hydrogens is 484 g/mol. The molecular formula is C19H34O16. The molecule has 0 spiro atoms. The predicted molar refractivity (Wildman–Crippen MR) is 106 cm³/mol. The van der Waals surface area contributed by atoms with Crippen molar-refractivity contribution in [1.29, 1.82) is 0 Å². The molecule has 35 heavy (non-hydrogen) atoms. The van der Waals surface area contributed by atoms with Gasteiger partial charge in [0.15, 0.2) is 18.9 Å². The smallest absolute Gasteiger partial charge is 0.186 e. The summed E-state index contributed by atoms with van der Waals surface area (Å²) >= 11 is 0. The van der Waals surface area contributed by atoms with Gasteiger partial charge < -0.3 is 79.5 Å². The fourth-order valence-electron chi connectivity index (χ4n) is 4.03. The van der Waals surface area contributed by atoms with Crippen LogP contribution in [0.25, 0.3) is 0 Å². The van der Waals surface area contributed by atoms with Crippen molar-refractivity contribution in [3.05, 3.63) is 0 Å². The van der Waals surface area contributed by atoms with Gasteiger partial charge in [-0.1, -0.05) is 0 Å². The Labute approximate surface area is 199 Å². The first-order valence-corrected chi connectivity index (χ1v) is 11.0. The van der Waals surface area contributed by atoms with Crippen LogP contribution < -0.4 is 0 Å². The Bertz CT molecular complexity index is 600. The molecule has 10 N–H and O–H groups in total. The molecule has 0 bridgehead atoms. The van der Waals surface area contributed by atoms with Crippen LogP contribution in [0.15, 0.2) is 0 Å². The third-order valence-electron chi connectivity index (χ3n) is 6.27. The maximum Gasteiger partial charge on any atom is 0.186 e. The van der Waals surface area contributed by atoms with Gasteiger partial charge in [-0.05, 0) is 0 Å². The van der Waals surface area contributed by atoms with Gasteiger partial charge in [-0.2, -0.15) is 0 Å². The minimum Gasteiger partial charge on any atom is -0.394 e. The SMILES string of the molecule is CO[C@H]1O[C@H](CO[C@H]2O[C@H](CO[C@H]3O[C@H](CO)[C@@H](O)[C@H](O)[C@H]3O)[C@@H](O)[C@H](O)[C@H]2O)[C@@H](O)[C@@H](O)[C@H]1O. The highest BCUT2D eigenvalue weighted by Crippen LogP contribution is 2.27. The summed E-state index contributed by atoms with van der Waals surface area (Å²) in [5.41, 5.74) is 0. The highest BCUT2D eigenvalue weighted by atomic mass is 16.7. The summed E-state index contributed by atoms with van der Waals surface area (Å²) in [4.78, 5) is 0. The summed E-state index contributed by atoms with van der Waals surface area (Å²) in [6.07, 6.45) is -23.1. The summed E-state index contributed by atoms with van der Waals surface area (Å²) in [7, 11) is 1.21. The monoisotopic (exact) mass is 518 g/mol. The van der Waals surface area contributed by atoms with Gasteiger partial charge >= 0.3 is 0 Å². The first kappa shape index (κ1) is 28.9. The lowest BCUT2D eigenvalue weighted by molar-refractivity contribution is -0.341. The minimum atomic E-state index is -1.77. The van der Waals surface area contributed by atoms with Crippen LogP contribution in [-0.2, 0) is 28.4 Å². The number of rotatable bonds is 8. The van der Waals surface area contributed by atoms with E-state index >= 15 is 0 Å². The summed E-state index contributed by atoms with van der Waals surface area (Å²) < 4.78 is 31.6. The third-order valence-corrected chi connectivity index (χ3v) is 6.27. The van der Waals surface area contributed by atoms with Gasteiger partial charge in [-0.25, -0.2) is 0 Å². The van der Waals surface area contributed by atoms with Gasteiger partial charge in [-0.15, -0.1) is 0 Å². The fourth-order valence-corrected chi connectivity index (χ4v) is 4.03. The van der Waals surface area contributed by atoms with Gasteiger partial charge in [0.25, 0.3) is 0 Å². The maximum absolute atomic E-state index is 10.3. The molecule has 3 heterocycles. The van der Waals surface area contributed by atoms with Crippen molar-refractivity contribution >= 4 is 0 Å². The largest absolute Gasteiger partial charge is 0.394 e. The van der Waals surface area contributed by atoms with Crippen LogP contribution in [0, 0.1) is 0 Å². The molecule has 0 amide bonds. The van der Waals surface area contributed by atoms with Gasteiger partial charge in [0.1, 0.15) is 73.2 Å². The first-order chi connectivity index (χ1) is 16.5. The van der Waals surface area contributed by atoms with Crippen LogP contribution in [0.5, 0.6) is 0 Å². The van der Waals surface area contributed by atoms with E-state index in [1.54, 1.807) is 0 Å². The summed E-state index contributed by atoms with van der Waals surface area (Å²) in [5.74, 6) is 0. The van der Waals surface area contributed by atoms with E-state index < -0.39 is 112 Å². The molecule has 0 saturated carbocycles. The van der Waals surface area contributed by atoms with E-state index in [1.807, 2.05) is 0 Å². The summed E-state index contributed by atoms with van der Waals surface area (Å²) in [5, 5.41) is 99.5. The Balaban J connectivity index is 1.59. The zero-order valence-corrected chi connectivity index (χ0v) is 18.7. The second-order valence-electron chi connectivity index (χ2n) is 8.63. The van der Waals surface area contributed by atoms with E-state index in [2.05, 4.69) is 0 Å². The Morgan fingerprint density at radius 2 is 0.829 bits per heavy atom. The fraction of sp³-hybridized carbons (Fsp3) is 1.00. The number of ether oxygens (including phenoxy) is 6. The Kier molecular flexibility index (Phi) is 10.1. The van der Waals surface area contributed by atoms with Crippen LogP contribution in [-0.4, -0.2) is 170 Å². The van der Waals surface area contributed by atoms with Gasteiger partial charge in [-0.3, -0.25) is 0 Å². The average molecular weight is 518 g/mol. The van der Waals surface area contributed by atoms with Crippen LogP contribution >= 0.6 is 0 Å². The Hall–Kier alpha value is -0.640. The molecule has 3 aliphatic rings. The van der Waals surface area contributed by atoms with E-state index in [-0.39, 0.29) is 0 Å². The molecule has 16 heteroatoms. The second-order valence-corrected chi connectivity index (χ2v) is 8.63. The van der Waals surface area contributed by atoms with E-state index in [0.29, 0.717) is 0 Å². The van der Waals surface area contributed by atoms with Crippen molar-refractivity contribution in [2.24, 2.45) is 0 Å². The van der Waals surface area contributed by atoms with Gasteiger partial charge in [0.05, 0.1) is 19.8 Å². The minimum absolute atomic E-state index is 0.490. The van der Waals surface area contributed by atoms with Crippen molar-refractivity contribution in [3.63, 3.8) is 0 Å². The maximum atomic E-state index is 10.3. The number of hydrogen-bond acceptors (Lipinski definition) is 16. The zero-order valence-electron chi connectivity index (χ0n) is 18.7. The molecule has 0 aromatic carbocycles. The lowest BCUT2D eigenvalue weighted by atomic mass is 9.98. The number of hydrogen-bond donors (Lipinski definition) is 10. The topological polar surface area (TPSA) is 258 Å². The molecule has 3 saturated heterocycles. The van der Waals surface area contributed by atoms with Gasteiger partial charge in [0, 0.05) is 7.11 Å². The summed E-state index contributed by atoms with van der Waals surface area (Å²) in [6, 6.07) is 0. The molecule has 0 unspecified atom stereocenters. The van der Waals surface area contributed by atoms with E-state index in [1.165, 1.54) is 7.11 Å². The van der Waals surface area contributed by atoms with Crippen molar-refractivity contribution < 1.29 is 79.5 Å². The lowest BCUT2D eigenvalue weighted by Gasteiger charge is -2.43. The van der Waals surface area contributed by atoms with Crippen LogP contribution in [0.1, 0.15) is 0 Å². The molecule has 0 aliphatic carbocycles. The van der Waals surface area contributed by atoms with Crippen LogP contribution in [0.3, 0.4) is 0 Å². The molecule has 0 radical (unpaired) electrons. The molecule has 0 aromatic heterocycles. The summed E-state index contributed by atoms with van der Waals surface area (Å²) in [6.45, 7) is -1.72. The van der Waals surface area contributed by atoms with Crippen molar-refractivity contribution in [2.45, 2.75) is 92.1 Å². The van der Waals surface area contributed by atoms with E-state index in [9.17, 15) is 51.1 Å². The lowest BCUT2D eigenvalue weighted by Crippen LogP contribution is -2.62. The molecule has 206 valence electrons. The normalized spacial score (nSPS) is 51.3. The standard InChI is InChI=1S/C19H34O16/c1-30-17-14(27)12(25)9(22)6(34-17)3-32-19-16(29)13(26)10(23)7(35-19)4-31-18-15(28)11(24)8(21)5(2-20)33-18/h5-29H,2-4H2,1H3/t5-,6-,7-,8-,9-,10-,11+,12-,13+,14-,15-,16-,17+,18+,19+/m1/s1. The van der Waals surface area contributed by atoms with Crippen molar-refractivity contribution in [2.75, 3.05) is 26.9 Å². The number of aliphatic hydroxyl groups excluding tert-OH is 10. The molecule has 3 rings (SSSR count). The molecule has 15 atom stereocenters. The number of methoxy groups -OCH3 is 1. The first-order valence-electron chi connectivity index (χ1n) is 11.0. The highest BCUT2D eigenvalue weighted by molar-refractivity contribution is 4.93. The third kappa shape index (κ3) is 6.10. The van der Waals surface area contributed by atoms with Crippen molar-refractivity contribution in [3.8, 4) is 0 Å². The second kappa shape index (κ2) is 12.3. The Morgan fingerprint density at radius 3 is 1.23 bits per heavy atom.